The summed E-state index contributed by atoms with van der Waals surface area (Å²) in [7, 11) is 0. The summed E-state index contributed by atoms with van der Waals surface area (Å²) in [6.45, 7) is 9.86. The highest BCUT2D eigenvalue weighted by Gasteiger charge is 2.55. The molecule has 394 valence electrons. The van der Waals surface area contributed by atoms with Gasteiger partial charge in [-0.3, -0.25) is 9.59 Å². The van der Waals surface area contributed by atoms with Crippen LogP contribution in [0.3, 0.4) is 0 Å². The minimum absolute atomic E-state index is 0.208. The second kappa shape index (κ2) is 27.5. The molecule has 0 aromatic heterocycles. The fourth-order valence-corrected chi connectivity index (χ4v) is 8.10. The van der Waals surface area contributed by atoms with E-state index in [4.69, 9.17) is 55.1 Å². The highest BCUT2D eigenvalue weighted by atomic mass is 16.8. The van der Waals surface area contributed by atoms with Crippen molar-refractivity contribution >= 4 is 11.8 Å². The summed E-state index contributed by atoms with van der Waals surface area (Å²) in [4.78, 5) is 25.3. The monoisotopic (exact) mass is 990 g/mol. The van der Waals surface area contributed by atoms with E-state index in [-0.39, 0.29) is 17.4 Å². The number of benzene rings is 1. The molecule has 4 aliphatic rings. The van der Waals surface area contributed by atoms with Crippen molar-refractivity contribution in [3.63, 3.8) is 0 Å². The van der Waals surface area contributed by atoms with Crippen LogP contribution in [0.25, 0.3) is 0 Å². The zero-order valence-corrected chi connectivity index (χ0v) is 39.1. The van der Waals surface area contributed by atoms with E-state index in [0.717, 1.165) is 58.3 Å². The van der Waals surface area contributed by atoms with E-state index >= 15 is 0 Å². The van der Waals surface area contributed by atoms with Gasteiger partial charge in [0, 0.05) is 12.1 Å². The van der Waals surface area contributed by atoms with E-state index in [1.54, 1.807) is 0 Å². The maximum Gasteiger partial charge on any atom is 0.251 e. The molecule has 4 heterocycles. The smallest absolute Gasteiger partial charge is 0.251 e. The van der Waals surface area contributed by atoms with Gasteiger partial charge in [-0.2, -0.15) is 0 Å². The van der Waals surface area contributed by atoms with Crippen LogP contribution in [0.2, 0.25) is 0 Å². The molecule has 18 N–H and O–H groups in total. The Kier molecular flexibility index (Phi) is 22.6. The van der Waals surface area contributed by atoms with Crippen molar-refractivity contribution in [2.24, 2.45) is 17.2 Å². The molecule has 19 atom stereocenters. The third-order valence-corrected chi connectivity index (χ3v) is 12.3. The van der Waals surface area contributed by atoms with Crippen LogP contribution in [-0.4, -0.2) is 222 Å². The molecule has 1 aromatic carbocycles. The molecule has 0 spiro atoms. The summed E-state index contributed by atoms with van der Waals surface area (Å²) < 4.78 is 46.4. The van der Waals surface area contributed by atoms with Crippen molar-refractivity contribution in [3.05, 3.63) is 42.2 Å². The molecule has 4 saturated heterocycles. The lowest BCUT2D eigenvalue weighted by molar-refractivity contribution is -0.362. The van der Waals surface area contributed by atoms with Gasteiger partial charge in [0.1, 0.15) is 78.6 Å². The van der Waals surface area contributed by atoms with Gasteiger partial charge in [-0.1, -0.05) is 6.58 Å². The maximum atomic E-state index is 12.8. The van der Waals surface area contributed by atoms with E-state index in [1.165, 1.54) is 38.1 Å². The fraction of sp³-hybridized carbons (Fsp3) is 0.773. The normalized spacial score (nSPS) is 36.4. The summed E-state index contributed by atoms with van der Waals surface area (Å²) >= 11 is 0. The quantitative estimate of drug-likeness (QED) is 0.0385. The van der Waals surface area contributed by atoms with E-state index in [0.29, 0.717) is 18.7 Å². The third-order valence-electron chi connectivity index (χ3n) is 12.3. The van der Waals surface area contributed by atoms with E-state index in [2.05, 4.69) is 27.8 Å². The van der Waals surface area contributed by atoms with E-state index in [9.17, 15) is 50.4 Å². The number of unbranched alkanes of at least 4 members (excludes halogenated alkanes) is 2. The molecular weight excluding hydrogens is 915 g/mol. The van der Waals surface area contributed by atoms with Gasteiger partial charge in [0.25, 0.3) is 5.91 Å². The Morgan fingerprint density at radius 3 is 1.87 bits per heavy atom. The lowest BCUT2D eigenvalue weighted by Gasteiger charge is -2.48. The molecule has 0 unspecified atom stereocenters. The number of aliphatic hydroxyl groups excluding tert-OH is 8. The van der Waals surface area contributed by atoms with Gasteiger partial charge >= 0.3 is 0 Å². The van der Waals surface area contributed by atoms with Crippen LogP contribution in [0.5, 0.6) is 5.75 Å². The molecular formula is C44H75N7O18. The molecule has 0 radical (unpaired) electrons. The largest absolute Gasteiger partial charge is 0.464 e. The number of amides is 2. The second-order valence-electron chi connectivity index (χ2n) is 17.7. The minimum atomic E-state index is -1.99. The molecule has 4 aliphatic heterocycles. The topological polar surface area (TPSA) is 396 Å². The van der Waals surface area contributed by atoms with Crippen molar-refractivity contribution in [3.8, 4) is 5.75 Å². The average Bonchev–Trinajstić information content (AvgIpc) is 3.63. The Labute approximate surface area is 400 Å². The lowest BCUT2D eigenvalue weighted by atomic mass is 9.94. The third kappa shape index (κ3) is 15.1. The second-order valence-corrected chi connectivity index (χ2v) is 17.7. The number of carbonyl (C=O) groups is 2. The van der Waals surface area contributed by atoms with Gasteiger partial charge in [-0.25, -0.2) is 0 Å². The highest BCUT2D eigenvalue weighted by Crippen LogP contribution is 2.35. The van der Waals surface area contributed by atoms with Crippen LogP contribution < -0.4 is 43.2 Å². The van der Waals surface area contributed by atoms with Gasteiger partial charge < -0.3 is 117 Å². The molecule has 0 aliphatic carbocycles. The average molecular weight is 990 g/mol. The lowest BCUT2D eigenvalue weighted by Crippen LogP contribution is -2.69. The van der Waals surface area contributed by atoms with Crippen LogP contribution in [0.1, 0.15) is 56.3 Å². The van der Waals surface area contributed by atoms with Crippen LogP contribution in [0, 0.1) is 0 Å². The van der Waals surface area contributed by atoms with Crippen LogP contribution in [0.15, 0.2) is 36.6 Å². The molecule has 25 nitrogen and oxygen atoms in total. The van der Waals surface area contributed by atoms with Crippen LogP contribution in [0.4, 0.5) is 0 Å². The molecule has 69 heavy (non-hydrogen) atoms. The maximum absolute atomic E-state index is 12.8. The number of aliphatic hydroxyl groups is 8. The summed E-state index contributed by atoms with van der Waals surface area (Å²) in [5.41, 5.74) is 17.6. The molecule has 4 fully saturated rings. The number of carbonyl (C=O) groups excluding carboxylic acids is 2. The summed E-state index contributed by atoms with van der Waals surface area (Å²) in [6, 6.07) is 2.80. The number of rotatable bonds is 26. The van der Waals surface area contributed by atoms with Crippen molar-refractivity contribution in [1.29, 1.82) is 0 Å². The van der Waals surface area contributed by atoms with Crippen molar-refractivity contribution in [2.75, 3.05) is 52.5 Å². The first kappa shape index (κ1) is 56.7. The number of nitrogens with two attached hydrogens (primary N) is 3. The van der Waals surface area contributed by atoms with Gasteiger partial charge in [0.05, 0.1) is 37.5 Å². The zero-order chi connectivity index (χ0) is 50.4. The Morgan fingerprint density at radius 2 is 1.26 bits per heavy atom. The fourth-order valence-electron chi connectivity index (χ4n) is 8.10. The predicted molar refractivity (Wildman–Crippen MR) is 241 cm³/mol. The van der Waals surface area contributed by atoms with Gasteiger partial charge in [0.15, 0.2) is 12.6 Å². The van der Waals surface area contributed by atoms with Gasteiger partial charge in [-0.05, 0) is 103 Å². The van der Waals surface area contributed by atoms with Crippen molar-refractivity contribution in [2.45, 2.75) is 162 Å². The molecule has 0 saturated carbocycles. The predicted octanol–water partition coefficient (Wildman–Crippen LogP) is -5.59. The summed E-state index contributed by atoms with van der Waals surface area (Å²) in [6.07, 6.45) is -20.4. The SMILES string of the molecule is C=C1O[C@H](O[C@H]2[C@@H](O)[C@@H](Oc3ccc(C(=O)NCCCNCCCCNCCCCN)cc3)O[C@@H]2CO)[C@H](O)[C@@H](O[C@@H]2O[C@H](CO)[C@H](O[C@H]3O[C@H](C)[C@H](N)[C@H](O)[C@H]3NC(=O)[C@H](C)N)[C@H](O)[C@H]2O)[C@@H]1O. The first-order valence-electron chi connectivity index (χ1n) is 23.6. The van der Waals surface area contributed by atoms with E-state index in [1.807, 2.05) is 0 Å². The molecule has 25 heteroatoms. The first-order chi connectivity index (χ1) is 33.0. The van der Waals surface area contributed by atoms with Crippen LogP contribution >= 0.6 is 0 Å². The molecule has 5 rings (SSSR count). The molecule has 1 aromatic rings. The number of hydrogen-bond acceptors (Lipinski definition) is 23. The van der Waals surface area contributed by atoms with Gasteiger partial charge in [0.2, 0.25) is 18.5 Å². The molecule has 0 bridgehead atoms. The number of hydrogen-bond donors (Lipinski definition) is 15. The standard InChI is InChI=1S/C44H75N7O18/c1-21(46)39(60)51-29-31(55)28(47)22(2)62-41(29)67-36-26(19-52)65-42(33(57)32(36)56)69-38-30(54)23(3)63-43(35(38)59)68-37-27(20-53)66-44(34(37)58)64-25-11-9-24(10-12-25)40(61)50-18-8-17-49-16-7-6-15-48-14-5-4-13-45/h9-12,21-22,26-38,41-44,48-49,52-59H,3-8,13-20,45-47H2,1-2H3,(H,50,61)(H,51,60)/t21-,22+,26+,27+,28-,29+,30+,31-,32+,33+,34+,35+,36-,37+,38-,41+,42-,43+,44-/m0/s1. The first-order valence-corrected chi connectivity index (χ1v) is 23.6. The number of ether oxygens (including phenoxy) is 8. The summed E-state index contributed by atoms with van der Waals surface area (Å²) in [5.74, 6) is -1.14. The van der Waals surface area contributed by atoms with Crippen molar-refractivity contribution in [1.82, 2.24) is 21.3 Å². The Bertz CT molecular complexity index is 1720. The Morgan fingerprint density at radius 1 is 0.710 bits per heavy atom. The molecule has 2 amide bonds. The highest BCUT2D eigenvalue weighted by molar-refractivity contribution is 5.94. The Balaban J connectivity index is 1.11. The zero-order valence-electron chi connectivity index (χ0n) is 39.1. The number of nitrogens with one attached hydrogen (secondary N) is 4. The van der Waals surface area contributed by atoms with E-state index < -0.39 is 136 Å². The van der Waals surface area contributed by atoms with Gasteiger partial charge in [-0.15, -0.1) is 0 Å². The van der Waals surface area contributed by atoms with Crippen molar-refractivity contribution < 1.29 is 88.3 Å². The van der Waals surface area contributed by atoms with Crippen LogP contribution in [-0.2, 0) is 38.0 Å². The Hall–Kier alpha value is -3.26. The summed E-state index contributed by atoms with van der Waals surface area (Å²) in [5, 5.41) is 99.8. The minimum Gasteiger partial charge on any atom is -0.464 e.